The van der Waals surface area contributed by atoms with Gasteiger partial charge < -0.3 is 14.8 Å². The molecule has 0 aliphatic heterocycles. The zero-order chi connectivity index (χ0) is 14.9. The Morgan fingerprint density at radius 3 is 2.43 bits per heavy atom. The second-order valence-corrected chi connectivity index (χ2v) is 6.03. The minimum atomic E-state index is 0.451. The molecule has 1 aliphatic rings. The lowest BCUT2D eigenvalue weighted by Gasteiger charge is -2.26. The van der Waals surface area contributed by atoms with E-state index in [-0.39, 0.29) is 0 Å². The minimum absolute atomic E-state index is 0.451. The second-order valence-electron chi connectivity index (χ2n) is 6.03. The molecular formula is C18H29NO2. The smallest absolute Gasteiger partial charge is 0.119 e. The summed E-state index contributed by atoms with van der Waals surface area (Å²) in [6.45, 7) is 7.69. The molecule has 1 saturated carbocycles. The van der Waals surface area contributed by atoms with Crippen LogP contribution in [0.4, 0.5) is 0 Å². The van der Waals surface area contributed by atoms with Crippen LogP contribution in [0.15, 0.2) is 24.3 Å². The summed E-state index contributed by atoms with van der Waals surface area (Å²) in [5.41, 5.74) is 1.29. The van der Waals surface area contributed by atoms with Gasteiger partial charge in [-0.2, -0.15) is 0 Å². The maximum Gasteiger partial charge on any atom is 0.119 e. The summed E-state index contributed by atoms with van der Waals surface area (Å²) in [7, 11) is 0. The summed E-state index contributed by atoms with van der Waals surface area (Å²) < 4.78 is 11.6. The molecule has 0 saturated heterocycles. The highest BCUT2D eigenvalue weighted by molar-refractivity contribution is 5.27. The largest absolute Gasteiger partial charge is 0.491 e. The van der Waals surface area contributed by atoms with E-state index in [0.29, 0.717) is 19.3 Å². The summed E-state index contributed by atoms with van der Waals surface area (Å²) in [6.07, 6.45) is 5.48. The van der Waals surface area contributed by atoms with Crippen molar-refractivity contribution in [3.05, 3.63) is 29.8 Å². The standard InChI is InChI=1S/C18H29NO2/c1-3-19-14-16-6-10-18(11-7-16)21-13-12-20-17-8-4-15(2)5-9-17/h6-7,10-11,15,17,19H,3-5,8-9,12-14H2,1-2H3. The molecule has 0 aromatic heterocycles. The van der Waals surface area contributed by atoms with E-state index in [1.165, 1.54) is 31.2 Å². The summed E-state index contributed by atoms with van der Waals surface area (Å²) in [4.78, 5) is 0. The third kappa shape index (κ3) is 6.06. The molecule has 1 fully saturated rings. The average Bonchev–Trinajstić information content (AvgIpc) is 2.52. The first kappa shape index (κ1) is 16.3. The van der Waals surface area contributed by atoms with Gasteiger partial charge in [0.05, 0.1) is 12.7 Å². The molecule has 0 spiro atoms. The van der Waals surface area contributed by atoms with E-state index >= 15 is 0 Å². The number of hydrogen-bond acceptors (Lipinski definition) is 3. The molecule has 1 aliphatic carbocycles. The van der Waals surface area contributed by atoms with E-state index in [2.05, 4.69) is 31.3 Å². The monoisotopic (exact) mass is 291 g/mol. The van der Waals surface area contributed by atoms with Crippen molar-refractivity contribution in [2.75, 3.05) is 19.8 Å². The molecule has 1 aromatic rings. The molecule has 0 radical (unpaired) electrons. The molecule has 0 heterocycles. The first-order chi connectivity index (χ1) is 10.3. The van der Waals surface area contributed by atoms with Gasteiger partial charge in [-0.1, -0.05) is 26.0 Å². The highest BCUT2D eigenvalue weighted by Crippen LogP contribution is 2.25. The lowest BCUT2D eigenvalue weighted by Crippen LogP contribution is -2.22. The molecule has 3 heteroatoms. The molecule has 3 nitrogen and oxygen atoms in total. The van der Waals surface area contributed by atoms with Crippen LogP contribution < -0.4 is 10.1 Å². The van der Waals surface area contributed by atoms with Crippen LogP contribution >= 0.6 is 0 Å². The van der Waals surface area contributed by atoms with Crippen LogP contribution in [0.25, 0.3) is 0 Å². The van der Waals surface area contributed by atoms with E-state index in [1.54, 1.807) is 0 Å². The van der Waals surface area contributed by atoms with Gasteiger partial charge in [0, 0.05) is 6.54 Å². The molecule has 0 unspecified atom stereocenters. The highest BCUT2D eigenvalue weighted by Gasteiger charge is 2.18. The van der Waals surface area contributed by atoms with Gasteiger partial charge in [0.2, 0.25) is 0 Å². The van der Waals surface area contributed by atoms with E-state index in [4.69, 9.17) is 9.47 Å². The van der Waals surface area contributed by atoms with Crippen LogP contribution in [0, 0.1) is 5.92 Å². The third-order valence-corrected chi connectivity index (χ3v) is 4.17. The SMILES string of the molecule is CCNCc1ccc(OCCOC2CCC(C)CC2)cc1. The molecule has 118 valence electrons. The summed E-state index contributed by atoms with van der Waals surface area (Å²) in [5.74, 6) is 1.80. The van der Waals surface area contributed by atoms with Crippen LogP contribution in [-0.4, -0.2) is 25.9 Å². The van der Waals surface area contributed by atoms with E-state index in [9.17, 15) is 0 Å². The van der Waals surface area contributed by atoms with Crippen LogP contribution in [0.3, 0.4) is 0 Å². The van der Waals surface area contributed by atoms with Crippen molar-refractivity contribution in [3.63, 3.8) is 0 Å². The lowest BCUT2D eigenvalue weighted by molar-refractivity contribution is 0.00570. The first-order valence-corrected chi connectivity index (χ1v) is 8.32. The Morgan fingerprint density at radius 2 is 1.76 bits per heavy atom. The van der Waals surface area contributed by atoms with Crippen LogP contribution in [0.5, 0.6) is 5.75 Å². The van der Waals surface area contributed by atoms with E-state index in [0.717, 1.165) is 24.8 Å². The Balaban J connectivity index is 1.60. The summed E-state index contributed by atoms with van der Waals surface area (Å²) in [5, 5.41) is 3.31. The fourth-order valence-corrected chi connectivity index (χ4v) is 2.74. The van der Waals surface area contributed by atoms with Crippen LogP contribution in [0.1, 0.15) is 45.1 Å². The van der Waals surface area contributed by atoms with Gasteiger partial charge in [0.15, 0.2) is 0 Å². The Morgan fingerprint density at radius 1 is 1.05 bits per heavy atom. The quantitative estimate of drug-likeness (QED) is 0.740. The maximum atomic E-state index is 5.89. The Labute approximate surface area is 129 Å². The van der Waals surface area contributed by atoms with Gasteiger partial charge in [-0.25, -0.2) is 0 Å². The molecule has 1 aromatic carbocycles. The highest BCUT2D eigenvalue weighted by atomic mass is 16.5. The van der Waals surface area contributed by atoms with Gasteiger partial charge >= 0.3 is 0 Å². The summed E-state index contributed by atoms with van der Waals surface area (Å²) >= 11 is 0. The molecule has 0 amide bonds. The van der Waals surface area contributed by atoms with Crippen molar-refractivity contribution < 1.29 is 9.47 Å². The van der Waals surface area contributed by atoms with E-state index < -0.39 is 0 Å². The normalized spacial score (nSPS) is 22.2. The number of hydrogen-bond donors (Lipinski definition) is 1. The van der Waals surface area contributed by atoms with Crippen molar-refractivity contribution in [1.82, 2.24) is 5.32 Å². The Hall–Kier alpha value is -1.06. The number of ether oxygens (including phenoxy) is 2. The van der Waals surface area contributed by atoms with Crippen molar-refractivity contribution in [2.45, 2.75) is 52.2 Å². The van der Waals surface area contributed by atoms with Gasteiger partial charge in [-0.3, -0.25) is 0 Å². The lowest BCUT2D eigenvalue weighted by atomic mass is 9.89. The Kier molecular flexibility index (Phi) is 7.04. The maximum absolute atomic E-state index is 5.89. The van der Waals surface area contributed by atoms with Crippen LogP contribution in [0.2, 0.25) is 0 Å². The zero-order valence-corrected chi connectivity index (χ0v) is 13.4. The molecule has 0 atom stereocenters. The molecule has 2 rings (SSSR count). The Bertz CT molecular complexity index is 383. The first-order valence-electron chi connectivity index (χ1n) is 8.32. The second kappa shape index (κ2) is 9.06. The van der Waals surface area contributed by atoms with Crippen LogP contribution in [-0.2, 0) is 11.3 Å². The molecule has 0 bridgehead atoms. The van der Waals surface area contributed by atoms with Gasteiger partial charge in [-0.05, 0) is 55.8 Å². The minimum Gasteiger partial charge on any atom is -0.491 e. The molecule has 21 heavy (non-hydrogen) atoms. The fourth-order valence-electron chi connectivity index (χ4n) is 2.74. The number of nitrogens with one attached hydrogen (secondary N) is 1. The molecular weight excluding hydrogens is 262 g/mol. The predicted molar refractivity (Wildman–Crippen MR) is 86.7 cm³/mol. The van der Waals surface area contributed by atoms with Crippen molar-refractivity contribution in [1.29, 1.82) is 0 Å². The fraction of sp³-hybridized carbons (Fsp3) is 0.667. The summed E-state index contributed by atoms with van der Waals surface area (Å²) in [6, 6.07) is 8.30. The van der Waals surface area contributed by atoms with Gasteiger partial charge in [0.25, 0.3) is 0 Å². The van der Waals surface area contributed by atoms with Crippen molar-refractivity contribution in [2.24, 2.45) is 5.92 Å². The predicted octanol–water partition coefficient (Wildman–Crippen LogP) is 3.77. The van der Waals surface area contributed by atoms with Gasteiger partial charge in [0.1, 0.15) is 12.4 Å². The topological polar surface area (TPSA) is 30.5 Å². The molecule has 1 N–H and O–H groups in total. The average molecular weight is 291 g/mol. The number of benzene rings is 1. The third-order valence-electron chi connectivity index (χ3n) is 4.17. The number of rotatable bonds is 8. The van der Waals surface area contributed by atoms with Crippen molar-refractivity contribution >= 4 is 0 Å². The van der Waals surface area contributed by atoms with E-state index in [1.807, 2.05) is 12.1 Å². The van der Waals surface area contributed by atoms with Crippen molar-refractivity contribution in [3.8, 4) is 5.75 Å². The van der Waals surface area contributed by atoms with Gasteiger partial charge in [-0.15, -0.1) is 0 Å². The zero-order valence-electron chi connectivity index (χ0n) is 13.4.